The van der Waals surface area contributed by atoms with Crippen LogP contribution in [0, 0.1) is 17.5 Å². The third kappa shape index (κ3) is 3.92. The first-order valence-corrected chi connectivity index (χ1v) is 9.63. The van der Waals surface area contributed by atoms with Crippen molar-refractivity contribution in [1.82, 2.24) is 0 Å². The van der Waals surface area contributed by atoms with Gasteiger partial charge in [0.2, 0.25) is 0 Å². The molecule has 3 aromatic carbocycles. The number of hydrogen-bond donors (Lipinski definition) is 0. The van der Waals surface area contributed by atoms with Crippen LogP contribution in [0.2, 0.25) is 0 Å². The molecular formula is C21H18F3O3P. The summed E-state index contributed by atoms with van der Waals surface area (Å²) in [6, 6.07) is 12.6. The van der Waals surface area contributed by atoms with E-state index in [9.17, 15) is 13.2 Å². The van der Waals surface area contributed by atoms with Gasteiger partial charge in [-0.2, -0.15) is 0 Å². The van der Waals surface area contributed by atoms with E-state index >= 15 is 0 Å². The van der Waals surface area contributed by atoms with Crippen LogP contribution in [0.3, 0.4) is 0 Å². The molecule has 0 unspecified atom stereocenters. The van der Waals surface area contributed by atoms with Gasteiger partial charge in [-0.3, -0.25) is 0 Å². The van der Waals surface area contributed by atoms with Crippen LogP contribution in [-0.4, -0.2) is 21.3 Å². The average Bonchev–Trinajstić information content (AvgIpc) is 2.70. The highest BCUT2D eigenvalue weighted by molar-refractivity contribution is 7.80. The van der Waals surface area contributed by atoms with Crippen molar-refractivity contribution in [2.75, 3.05) is 21.3 Å². The number of benzene rings is 3. The summed E-state index contributed by atoms with van der Waals surface area (Å²) in [7, 11) is 2.88. The smallest absolute Gasteiger partial charge is 0.130 e. The third-order valence-corrected chi connectivity index (χ3v) is 6.70. The lowest BCUT2D eigenvalue weighted by Crippen LogP contribution is -2.24. The Bertz CT molecular complexity index is 867. The van der Waals surface area contributed by atoms with Crippen molar-refractivity contribution in [3.63, 3.8) is 0 Å². The summed E-state index contributed by atoms with van der Waals surface area (Å²) >= 11 is 0. The highest BCUT2D eigenvalue weighted by Crippen LogP contribution is 2.42. The molecular weight excluding hydrogens is 388 g/mol. The molecule has 0 bridgehead atoms. The molecule has 7 heteroatoms. The van der Waals surface area contributed by atoms with E-state index in [1.165, 1.54) is 57.7 Å². The number of hydrogen-bond acceptors (Lipinski definition) is 3. The molecule has 0 aliphatic heterocycles. The van der Waals surface area contributed by atoms with E-state index in [0.717, 1.165) is 0 Å². The average molecular weight is 406 g/mol. The summed E-state index contributed by atoms with van der Waals surface area (Å²) in [4.78, 5) is 0. The zero-order valence-corrected chi connectivity index (χ0v) is 16.4. The molecule has 0 aromatic heterocycles. The van der Waals surface area contributed by atoms with E-state index < -0.39 is 25.4 Å². The Kier molecular flexibility index (Phi) is 6.10. The standard InChI is InChI=1S/C21H18F3O3P/c1-25-16-10-13(22)4-7-19(16)28(20-8-5-14(23)11-17(20)26-2)21-9-6-15(24)12-18(21)27-3/h4-12H,1-3H3. The van der Waals surface area contributed by atoms with Crippen molar-refractivity contribution in [2.45, 2.75) is 0 Å². The van der Waals surface area contributed by atoms with Gasteiger partial charge in [-0.05, 0) is 44.3 Å². The predicted octanol–water partition coefficient (Wildman–Crippen LogP) is 3.89. The van der Waals surface area contributed by atoms with Gasteiger partial charge in [0.1, 0.15) is 34.7 Å². The quantitative estimate of drug-likeness (QED) is 0.582. The molecule has 0 amide bonds. The molecule has 0 fully saturated rings. The van der Waals surface area contributed by atoms with Gasteiger partial charge in [-0.25, -0.2) is 13.2 Å². The second kappa shape index (κ2) is 8.53. The van der Waals surface area contributed by atoms with Gasteiger partial charge in [0, 0.05) is 34.1 Å². The van der Waals surface area contributed by atoms with E-state index in [1.807, 2.05) is 0 Å². The molecule has 3 rings (SSSR count). The van der Waals surface area contributed by atoms with E-state index in [1.54, 1.807) is 18.2 Å². The van der Waals surface area contributed by atoms with E-state index in [0.29, 0.717) is 33.2 Å². The topological polar surface area (TPSA) is 27.7 Å². The summed E-state index contributed by atoms with van der Waals surface area (Å²) < 4.78 is 57.5. The molecule has 146 valence electrons. The van der Waals surface area contributed by atoms with Gasteiger partial charge in [0.25, 0.3) is 0 Å². The zero-order chi connectivity index (χ0) is 20.3. The molecule has 0 aliphatic rings. The second-order valence-electron chi connectivity index (χ2n) is 5.78. The largest absolute Gasteiger partial charge is 0.496 e. The Labute approximate surface area is 162 Å². The van der Waals surface area contributed by atoms with Crippen molar-refractivity contribution >= 4 is 23.8 Å². The minimum atomic E-state index is -1.44. The van der Waals surface area contributed by atoms with Crippen LogP contribution in [0.5, 0.6) is 17.2 Å². The van der Waals surface area contributed by atoms with Gasteiger partial charge in [-0.15, -0.1) is 0 Å². The van der Waals surface area contributed by atoms with Crippen molar-refractivity contribution in [1.29, 1.82) is 0 Å². The van der Waals surface area contributed by atoms with Crippen LogP contribution in [0.4, 0.5) is 13.2 Å². The summed E-state index contributed by atoms with van der Waals surface area (Å²) in [6.07, 6.45) is 0. The Hall–Kier alpha value is -2.72. The fourth-order valence-electron chi connectivity index (χ4n) is 2.90. The molecule has 0 aliphatic carbocycles. The second-order valence-corrected chi connectivity index (χ2v) is 7.90. The maximum Gasteiger partial charge on any atom is 0.130 e. The summed E-state index contributed by atoms with van der Waals surface area (Å²) in [5.74, 6) is -0.385. The zero-order valence-electron chi connectivity index (χ0n) is 15.5. The fourth-order valence-corrected chi connectivity index (χ4v) is 5.48. The minimum Gasteiger partial charge on any atom is -0.496 e. The molecule has 28 heavy (non-hydrogen) atoms. The lowest BCUT2D eigenvalue weighted by molar-refractivity contribution is 0.413. The number of rotatable bonds is 6. The SMILES string of the molecule is COc1cc(F)ccc1P(c1ccc(F)cc1OC)c1ccc(F)cc1OC. The fraction of sp³-hybridized carbons (Fsp3) is 0.143. The third-order valence-electron chi connectivity index (χ3n) is 4.15. The van der Waals surface area contributed by atoms with E-state index in [2.05, 4.69) is 0 Å². The monoisotopic (exact) mass is 406 g/mol. The minimum absolute atomic E-state index is 0.323. The lowest BCUT2D eigenvalue weighted by atomic mass is 10.3. The number of halogens is 3. The van der Waals surface area contributed by atoms with Crippen LogP contribution in [0.1, 0.15) is 0 Å². The molecule has 3 nitrogen and oxygen atoms in total. The van der Waals surface area contributed by atoms with Crippen molar-refractivity contribution < 1.29 is 27.4 Å². The molecule has 0 N–H and O–H groups in total. The van der Waals surface area contributed by atoms with Gasteiger partial charge >= 0.3 is 0 Å². The van der Waals surface area contributed by atoms with E-state index in [4.69, 9.17) is 14.2 Å². The summed E-state index contributed by atoms with van der Waals surface area (Å²) in [5.41, 5.74) is 0. The molecule has 0 saturated heterocycles. The Morgan fingerprint density at radius 1 is 0.536 bits per heavy atom. The van der Waals surface area contributed by atoms with Crippen LogP contribution in [0.15, 0.2) is 54.6 Å². The number of methoxy groups -OCH3 is 3. The van der Waals surface area contributed by atoms with Crippen molar-refractivity contribution in [2.24, 2.45) is 0 Å². The normalized spacial score (nSPS) is 10.8. The summed E-state index contributed by atoms with van der Waals surface area (Å²) in [6.45, 7) is 0. The molecule has 0 atom stereocenters. The maximum absolute atomic E-state index is 13.8. The lowest BCUT2D eigenvalue weighted by Gasteiger charge is -2.24. The molecule has 0 radical (unpaired) electrons. The first-order chi connectivity index (χ1) is 13.5. The van der Waals surface area contributed by atoms with Crippen LogP contribution in [-0.2, 0) is 0 Å². The van der Waals surface area contributed by atoms with Gasteiger partial charge in [0.15, 0.2) is 0 Å². The van der Waals surface area contributed by atoms with Crippen molar-refractivity contribution in [3.8, 4) is 17.2 Å². The first-order valence-electron chi connectivity index (χ1n) is 8.29. The van der Waals surface area contributed by atoms with Crippen LogP contribution in [0.25, 0.3) is 0 Å². The molecule has 3 aromatic rings. The Balaban J connectivity index is 2.33. The van der Waals surface area contributed by atoms with Crippen LogP contribution < -0.4 is 30.1 Å². The van der Waals surface area contributed by atoms with Crippen LogP contribution >= 0.6 is 7.92 Å². The van der Waals surface area contributed by atoms with Gasteiger partial charge in [0.05, 0.1) is 21.3 Å². The number of ether oxygens (including phenoxy) is 3. The first kappa shape index (κ1) is 20.0. The molecule has 0 spiro atoms. The Morgan fingerprint density at radius 2 is 0.821 bits per heavy atom. The Morgan fingerprint density at radius 3 is 1.07 bits per heavy atom. The van der Waals surface area contributed by atoms with Gasteiger partial charge in [-0.1, -0.05) is 0 Å². The van der Waals surface area contributed by atoms with E-state index in [-0.39, 0.29) is 0 Å². The highest BCUT2D eigenvalue weighted by atomic mass is 31.1. The maximum atomic E-state index is 13.8. The van der Waals surface area contributed by atoms with Gasteiger partial charge < -0.3 is 14.2 Å². The molecule has 0 heterocycles. The molecule has 0 saturated carbocycles. The summed E-state index contributed by atoms with van der Waals surface area (Å²) in [5, 5.41) is 1.98. The predicted molar refractivity (Wildman–Crippen MR) is 105 cm³/mol. The highest BCUT2D eigenvalue weighted by Gasteiger charge is 2.27. The van der Waals surface area contributed by atoms with Crippen molar-refractivity contribution in [3.05, 3.63) is 72.0 Å².